The van der Waals surface area contributed by atoms with E-state index >= 15 is 0 Å². The molecule has 0 unspecified atom stereocenters. The Bertz CT molecular complexity index is 1310. The van der Waals surface area contributed by atoms with Crippen molar-refractivity contribution in [2.75, 3.05) is 82.7 Å². The second-order valence-corrected chi connectivity index (χ2v) is 11.5. The first-order chi connectivity index (χ1) is 22.7. The molecule has 1 aliphatic carbocycles. The number of aromatic nitrogens is 3. The topological polar surface area (TPSA) is 117 Å². The fourth-order valence-corrected chi connectivity index (χ4v) is 5.58. The highest BCUT2D eigenvalue weighted by atomic mass is 16.6. The Labute approximate surface area is 272 Å². The molecule has 0 saturated heterocycles. The molecule has 46 heavy (non-hydrogen) atoms. The van der Waals surface area contributed by atoms with Gasteiger partial charge in [0.2, 0.25) is 0 Å². The van der Waals surface area contributed by atoms with Gasteiger partial charge in [-0.05, 0) is 61.8 Å². The van der Waals surface area contributed by atoms with E-state index in [2.05, 4.69) is 39.5 Å². The van der Waals surface area contributed by atoms with Crippen LogP contribution in [0.25, 0.3) is 11.5 Å². The van der Waals surface area contributed by atoms with E-state index in [0.717, 1.165) is 62.6 Å². The summed E-state index contributed by atoms with van der Waals surface area (Å²) >= 11 is 0. The first-order valence-corrected chi connectivity index (χ1v) is 16.5. The van der Waals surface area contributed by atoms with Gasteiger partial charge in [-0.3, -0.25) is 9.78 Å². The minimum atomic E-state index is -0.222. The maximum Gasteiger partial charge on any atom is 0.308 e. The minimum Gasteiger partial charge on any atom is -0.462 e. The maximum absolute atomic E-state index is 12.3. The van der Waals surface area contributed by atoms with Crippen LogP contribution < -0.4 is 10.2 Å². The minimum absolute atomic E-state index is 0.0471. The van der Waals surface area contributed by atoms with E-state index in [9.17, 15) is 4.79 Å². The van der Waals surface area contributed by atoms with Gasteiger partial charge in [-0.15, -0.1) is 0 Å². The van der Waals surface area contributed by atoms with Crippen LogP contribution in [0.15, 0.2) is 54.7 Å². The molecule has 0 spiro atoms. The van der Waals surface area contributed by atoms with Crippen molar-refractivity contribution >= 4 is 17.6 Å². The lowest BCUT2D eigenvalue weighted by atomic mass is 9.82. The zero-order valence-electron chi connectivity index (χ0n) is 26.9. The fourth-order valence-electron chi connectivity index (χ4n) is 5.58. The number of fused-ring (bicyclic) bond motifs is 1. The first-order valence-electron chi connectivity index (χ1n) is 16.5. The van der Waals surface area contributed by atoms with E-state index in [0.29, 0.717) is 64.6 Å². The van der Waals surface area contributed by atoms with Crippen LogP contribution in [0, 0.1) is 5.92 Å². The van der Waals surface area contributed by atoms with E-state index in [1.54, 1.807) is 6.20 Å². The number of nitrogens with one attached hydrogen (secondary N) is 1. The number of hydrogen-bond acceptors (Lipinski definition) is 11. The molecule has 1 saturated carbocycles. The number of carbonyl (C=O) groups is 1. The van der Waals surface area contributed by atoms with Crippen molar-refractivity contribution in [3.05, 3.63) is 65.9 Å². The second-order valence-electron chi connectivity index (χ2n) is 11.5. The summed E-state index contributed by atoms with van der Waals surface area (Å²) in [5.41, 5.74) is 3.56. The van der Waals surface area contributed by atoms with Crippen LogP contribution in [0.4, 0.5) is 11.6 Å². The fraction of sp³-hybridized carbons (Fsp3) is 0.543. The lowest BCUT2D eigenvalue weighted by molar-refractivity contribution is -0.156. The van der Waals surface area contributed by atoms with Gasteiger partial charge in [0.1, 0.15) is 23.4 Å². The molecule has 2 aliphatic rings. The van der Waals surface area contributed by atoms with Crippen molar-refractivity contribution in [2.45, 2.75) is 45.1 Å². The molecule has 3 heterocycles. The summed E-state index contributed by atoms with van der Waals surface area (Å²) in [5.74, 6) is 2.48. The Hall–Kier alpha value is -3.64. The van der Waals surface area contributed by atoms with Crippen LogP contribution in [0.1, 0.15) is 37.3 Å². The Morgan fingerprint density at radius 1 is 0.848 bits per heavy atom. The Morgan fingerprint density at radius 2 is 1.50 bits per heavy atom. The highest BCUT2D eigenvalue weighted by molar-refractivity contribution is 5.69. The van der Waals surface area contributed by atoms with Crippen molar-refractivity contribution < 1.29 is 28.5 Å². The van der Waals surface area contributed by atoms with Crippen molar-refractivity contribution in [1.29, 1.82) is 0 Å². The van der Waals surface area contributed by atoms with Gasteiger partial charge in [0.25, 0.3) is 0 Å². The van der Waals surface area contributed by atoms with Gasteiger partial charge >= 0.3 is 5.97 Å². The lowest BCUT2D eigenvalue weighted by Crippen LogP contribution is -2.37. The smallest absolute Gasteiger partial charge is 0.308 e. The Balaban J connectivity index is 1.01. The molecule has 0 radical (unpaired) electrons. The lowest BCUT2D eigenvalue weighted by Gasteiger charge is -2.35. The predicted octanol–water partition coefficient (Wildman–Crippen LogP) is 4.35. The van der Waals surface area contributed by atoms with Crippen molar-refractivity contribution in [1.82, 2.24) is 15.0 Å². The van der Waals surface area contributed by atoms with Crippen molar-refractivity contribution in [3.8, 4) is 11.5 Å². The second kappa shape index (κ2) is 18.5. The van der Waals surface area contributed by atoms with Gasteiger partial charge in [-0.1, -0.05) is 30.3 Å². The van der Waals surface area contributed by atoms with Gasteiger partial charge < -0.3 is 33.9 Å². The maximum atomic E-state index is 12.3. The summed E-state index contributed by atoms with van der Waals surface area (Å²) in [7, 11) is 0. The molecule has 0 amide bonds. The van der Waals surface area contributed by atoms with Crippen molar-refractivity contribution in [3.63, 3.8) is 0 Å². The number of carbonyl (C=O) groups excluding carboxylic acids is 1. The summed E-state index contributed by atoms with van der Waals surface area (Å²) in [6.07, 6.45) is 5.58. The number of esters is 1. The molecule has 0 atom stereocenters. The average Bonchev–Trinajstić information content (AvgIpc) is 3.29. The molecule has 5 rings (SSSR count). The monoisotopic (exact) mass is 633 g/mol. The molecule has 1 N–H and O–H groups in total. The van der Waals surface area contributed by atoms with Crippen LogP contribution in [0.3, 0.4) is 0 Å². The van der Waals surface area contributed by atoms with Gasteiger partial charge in [0.05, 0.1) is 52.7 Å². The van der Waals surface area contributed by atoms with Crippen LogP contribution in [-0.4, -0.2) is 99.5 Å². The van der Waals surface area contributed by atoms with Crippen LogP contribution in [-0.2, 0) is 41.3 Å². The largest absolute Gasteiger partial charge is 0.462 e. The standard InChI is InChI=1S/C35H47N5O6/c1-2-42-17-18-44-21-22-45-20-19-43-16-12-34(41)46-30-23-27(24-30)26-37-32-25-33(39-35(38-32)31-9-5-6-13-36-31)40-14-10-28-7-3-4-8-29(28)11-15-40/h3-9,13,25,27,30H,2,10-12,14-24,26H2,1H3,(H,37,38,39)/t27-,30-. The zero-order chi connectivity index (χ0) is 31.8. The van der Waals surface area contributed by atoms with E-state index in [1.165, 1.54) is 11.1 Å². The molecule has 248 valence electrons. The van der Waals surface area contributed by atoms with E-state index in [4.69, 9.17) is 33.7 Å². The van der Waals surface area contributed by atoms with Crippen LogP contribution in [0.5, 0.6) is 0 Å². The molecule has 11 nitrogen and oxygen atoms in total. The molecular formula is C35H47N5O6. The number of anilines is 2. The number of hydrogen-bond donors (Lipinski definition) is 1. The Morgan fingerprint density at radius 3 is 2.15 bits per heavy atom. The van der Waals surface area contributed by atoms with Gasteiger partial charge in [-0.2, -0.15) is 0 Å². The van der Waals surface area contributed by atoms with E-state index in [1.807, 2.05) is 31.2 Å². The van der Waals surface area contributed by atoms with Crippen molar-refractivity contribution in [2.24, 2.45) is 5.92 Å². The molecule has 1 fully saturated rings. The highest BCUT2D eigenvalue weighted by Gasteiger charge is 2.32. The molecular weight excluding hydrogens is 586 g/mol. The van der Waals surface area contributed by atoms with E-state index < -0.39 is 0 Å². The molecule has 2 aromatic heterocycles. The van der Waals surface area contributed by atoms with E-state index in [-0.39, 0.29) is 18.5 Å². The molecule has 3 aromatic rings. The molecule has 0 bridgehead atoms. The third kappa shape index (κ3) is 10.7. The quantitative estimate of drug-likeness (QED) is 0.150. The predicted molar refractivity (Wildman–Crippen MR) is 176 cm³/mol. The highest BCUT2D eigenvalue weighted by Crippen LogP contribution is 2.31. The van der Waals surface area contributed by atoms with Crippen LogP contribution >= 0.6 is 0 Å². The molecule has 11 heteroatoms. The number of rotatable bonds is 19. The number of benzene rings is 1. The number of pyridine rings is 1. The Kier molecular flexibility index (Phi) is 13.6. The SMILES string of the molecule is CCOCCOCCOCCOCCC(=O)O[C@H]1C[C@H](CNc2cc(N3CCc4ccccc4CC3)nc(-c3ccccn3)n2)C1. The van der Waals surface area contributed by atoms with Gasteiger partial charge in [-0.25, -0.2) is 9.97 Å². The molecule has 1 aliphatic heterocycles. The van der Waals surface area contributed by atoms with Gasteiger partial charge in [0, 0.05) is 38.5 Å². The van der Waals surface area contributed by atoms with Gasteiger partial charge in [0.15, 0.2) is 5.82 Å². The number of ether oxygens (including phenoxy) is 5. The summed E-state index contributed by atoms with van der Waals surface area (Å²) in [6.45, 7) is 8.61. The third-order valence-electron chi connectivity index (χ3n) is 8.18. The average molecular weight is 634 g/mol. The van der Waals surface area contributed by atoms with Crippen LogP contribution in [0.2, 0.25) is 0 Å². The summed E-state index contributed by atoms with van der Waals surface area (Å²) in [4.78, 5) is 28.9. The summed E-state index contributed by atoms with van der Waals surface area (Å²) < 4.78 is 27.2. The zero-order valence-corrected chi connectivity index (χ0v) is 26.9. The summed E-state index contributed by atoms with van der Waals surface area (Å²) in [6, 6.07) is 16.5. The normalized spacial score (nSPS) is 17.5. The first kappa shape index (κ1) is 33.7. The molecule has 1 aromatic carbocycles. The number of nitrogens with zero attached hydrogens (tertiary/aromatic N) is 4. The third-order valence-corrected chi connectivity index (χ3v) is 8.18. The summed E-state index contributed by atoms with van der Waals surface area (Å²) in [5, 5.41) is 3.53.